The van der Waals surface area contributed by atoms with Gasteiger partial charge in [-0.05, 0) is 30.0 Å². The molecule has 1 aliphatic heterocycles. The first-order chi connectivity index (χ1) is 12.4. The predicted octanol–water partition coefficient (Wildman–Crippen LogP) is 1.71. The number of ether oxygens (including phenoxy) is 2. The molecule has 2 aliphatic rings. The second-order valence-corrected chi connectivity index (χ2v) is 7.02. The lowest BCUT2D eigenvalue weighted by molar-refractivity contribution is -0.109. The highest BCUT2D eigenvalue weighted by Crippen LogP contribution is 2.41. The lowest BCUT2D eigenvalue weighted by Gasteiger charge is -2.34. The van der Waals surface area contributed by atoms with E-state index in [1.807, 2.05) is 24.3 Å². The van der Waals surface area contributed by atoms with Crippen LogP contribution >= 0.6 is 0 Å². The van der Waals surface area contributed by atoms with E-state index in [0.29, 0.717) is 13.0 Å². The van der Waals surface area contributed by atoms with Crippen molar-refractivity contribution in [2.75, 3.05) is 20.2 Å². The van der Waals surface area contributed by atoms with E-state index >= 15 is 0 Å². The first kappa shape index (κ1) is 18.8. The van der Waals surface area contributed by atoms with E-state index in [9.17, 15) is 18.7 Å². The number of β-amino-alcohol motifs (C(OH)–C–C–N with tert-alkyl or cyclic N) is 1. The Morgan fingerprint density at radius 2 is 2.04 bits per heavy atom. The van der Waals surface area contributed by atoms with E-state index in [1.54, 1.807) is 7.11 Å². The fraction of sp³-hybridized carbons (Fsp3) is 0.611. The molecule has 2 fully saturated rings. The van der Waals surface area contributed by atoms with Gasteiger partial charge in [0.1, 0.15) is 18.0 Å². The Balaban J connectivity index is 1.49. The lowest BCUT2D eigenvalue weighted by Crippen LogP contribution is -2.45. The number of aliphatic hydroxyl groups excluding tert-OH is 1. The predicted molar refractivity (Wildman–Crippen MR) is 90.4 cm³/mol. The smallest absolute Gasteiger partial charge is 0.407 e. The van der Waals surface area contributed by atoms with Gasteiger partial charge in [0.15, 0.2) is 0 Å². The molecular formula is C18H24F2N2O4. The topological polar surface area (TPSA) is 79.8 Å². The fourth-order valence-corrected chi connectivity index (χ4v) is 3.46. The molecule has 144 valence electrons. The zero-order valence-corrected chi connectivity index (χ0v) is 14.6. The summed E-state index contributed by atoms with van der Waals surface area (Å²) in [6, 6.07) is 7.30. The second kappa shape index (κ2) is 7.75. The number of nitrogens with one attached hydrogen (secondary N) is 2. The van der Waals surface area contributed by atoms with Gasteiger partial charge in [0.25, 0.3) is 0 Å². The standard InChI is InChI=1S/C18H24F2N2O4/c1-25-13-4-2-11(3-5-13)6-14-16(15(23)10-21-14)26-17(24)22-9-12-7-18(19,20)8-12/h2-5,12,14-16,21,23H,6-10H2,1H3,(H,22,24)/t14-,15+,16+/m1/s1. The highest BCUT2D eigenvalue weighted by molar-refractivity contribution is 5.67. The molecule has 1 aromatic rings. The maximum atomic E-state index is 12.8. The molecule has 3 atom stereocenters. The van der Waals surface area contributed by atoms with Crippen LogP contribution in [0.15, 0.2) is 24.3 Å². The largest absolute Gasteiger partial charge is 0.497 e. The lowest BCUT2D eigenvalue weighted by atomic mass is 9.81. The van der Waals surface area contributed by atoms with Gasteiger partial charge in [0.2, 0.25) is 5.92 Å². The first-order valence-electron chi connectivity index (χ1n) is 8.73. The SMILES string of the molecule is COc1ccc(C[C@H]2NC[C@H](O)[C@H]2OC(=O)NCC2CC(F)(F)C2)cc1. The maximum absolute atomic E-state index is 12.8. The minimum Gasteiger partial charge on any atom is -0.497 e. The van der Waals surface area contributed by atoms with Crippen LogP contribution in [-0.4, -0.2) is 55.6 Å². The summed E-state index contributed by atoms with van der Waals surface area (Å²) in [6.45, 7) is 0.488. The minimum atomic E-state index is -2.61. The van der Waals surface area contributed by atoms with Crippen molar-refractivity contribution in [3.63, 3.8) is 0 Å². The Morgan fingerprint density at radius 3 is 2.65 bits per heavy atom. The zero-order valence-electron chi connectivity index (χ0n) is 14.6. The molecule has 6 nitrogen and oxygen atoms in total. The quantitative estimate of drug-likeness (QED) is 0.711. The second-order valence-electron chi connectivity index (χ2n) is 7.02. The summed E-state index contributed by atoms with van der Waals surface area (Å²) >= 11 is 0. The Hall–Kier alpha value is -1.93. The normalized spacial score (nSPS) is 27.6. The molecule has 0 bridgehead atoms. The van der Waals surface area contributed by atoms with E-state index in [0.717, 1.165) is 11.3 Å². The van der Waals surface area contributed by atoms with Gasteiger partial charge < -0.3 is 25.2 Å². The molecule has 0 aromatic heterocycles. The number of methoxy groups -OCH3 is 1. The monoisotopic (exact) mass is 370 g/mol. The van der Waals surface area contributed by atoms with E-state index in [1.165, 1.54) is 0 Å². The molecule has 3 N–H and O–H groups in total. The van der Waals surface area contributed by atoms with Gasteiger partial charge in [-0.2, -0.15) is 0 Å². The molecule has 1 aromatic carbocycles. The van der Waals surface area contributed by atoms with Gasteiger partial charge in [-0.15, -0.1) is 0 Å². The number of aliphatic hydroxyl groups is 1. The third kappa shape index (κ3) is 4.62. The Kier molecular flexibility index (Phi) is 5.62. The van der Waals surface area contributed by atoms with Crippen LogP contribution in [0, 0.1) is 5.92 Å². The molecule has 1 saturated carbocycles. The molecule has 3 rings (SSSR count). The molecule has 1 aliphatic carbocycles. The number of amides is 1. The van der Waals surface area contributed by atoms with E-state index in [2.05, 4.69) is 10.6 Å². The van der Waals surface area contributed by atoms with Crippen LogP contribution in [0.4, 0.5) is 13.6 Å². The summed E-state index contributed by atoms with van der Waals surface area (Å²) < 4.78 is 36.1. The van der Waals surface area contributed by atoms with E-state index in [4.69, 9.17) is 9.47 Å². The number of alkyl carbamates (subject to hydrolysis) is 1. The molecule has 0 spiro atoms. The number of rotatable bonds is 6. The Morgan fingerprint density at radius 1 is 1.35 bits per heavy atom. The molecule has 1 amide bonds. The van der Waals surface area contributed by atoms with Crippen molar-refractivity contribution in [3.05, 3.63) is 29.8 Å². The number of hydrogen-bond donors (Lipinski definition) is 3. The van der Waals surface area contributed by atoms with Gasteiger partial charge in [-0.1, -0.05) is 12.1 Å². The summed E-state index contributed by atoms with van der Waals surface area (Å²) in [5.74, 6) is -2.08. The van der Waals surface area contributed by atoms with Crippen molar-refractivity contribution in [1.82, 2.24) is 10.6 Å². The molecule has 0 radical (unpaired) electrons. The molecule has 0 unspecified atom stereocenters. The third-order valence-electron chi connectivity index (χ3n) is 4.93. The zero-order chi connectivity index (χ0) is 18.7. The van der Waals surface area contributed by atoms with Crippen molar-refractivity contribution in [1.29, 1.82) is 0 Å². The molecule has 8 heteroatoms. The number of hydrogen-bond acceptors (Lipinski definition) is 5. The van der Waals surface area contributed by atoms with Gasteiger partial charge in [-0.3, -0.25) is 0 Å². The summed E-state index contributed by atoms with van der Waals surface area (Å²) in [4.78, 5) is 12.0. The highest BCUT2D eigenvalue weighted by Gasteiger charge is 2.45. The number of alkyl halides is 2. The molecule has 1 saturated heterocycles. The van der Waals surface area contributed by atoms with Gasteiger partial charge in [-0.25, -0.2) is 13.6 Å². The van der Waals surface area contributed by atoms with Crippen molar-refractivity contribution in [3.8, 4) is 5.75 Å². The van der Waals surface area contributed by atoms with Crippen molar-refractivity contribution >= 4 is 6.09 Å². The summed E-state index contributed by atoms with van der Waals surface area (Å²) in [7, 11) is 1.59. The van der Waals surface area contributed by atoms with Crippen LogP contribution in [0.25, 0.3) is 0 Å². The van der Waals surface area contributed by atoms with Crippen LogP contribution in [0.2, 0.25) is 0 Å². The number of carbonyl (C=O) groups excluding carboxylic acids is 1. The molecular weight excluding hydrogens is 346 g/mol. The fourth-order valence-electron chi connectivity index (χ4n) is 3.46. The third-order valence-corrected chi connectivity index (χ3v) is 4.93. The van der Waals surface area contributed by atoms with E-state index in [-0.39, 0.29) is 31.3 Å². The first-order valence-corrected chi connectivity index (χ1v) is 8.73. The van der Waals surface area contributed by atoms with E-state index < -0.39 is 24.2 Å². The summed E-state index contributed by atoms with van der Waals surface area (Å²) in [6.07, 6.45) is -2.03. The van der Waals surface area contributed by atoms with Crippen molar-refractivity contribution in [2.45, 2.75) is 43.4 Å². The van der Waals surface area contributed by atoms with Crippen LogP contribution in [-0.2, 0) is 11.2 Å². The van der Waals surface area contributed by atoms with Crippen LogP contribution < -0.4 is 15.4 Å². The Bertz CT molecular complexity index is 618. The molecule has 26 heavy (non-hydrogen) atoms. The van der Waals surface area contributed by atoms with Crippen LogP contribution in [0.3, 0.4) is 0 Å². The molecule has 1 heterocycles. The average Bonchev–Trinajstić information content (AvgIpc) is 2.92. The number of benzene rings is 1. The van der Waals surface area contributed by atoms with Crippen molar-refractivity contribution in [2.24, 2.45) is 5.92 Å². The summed E-state index contributed by atoms with van der Waals surface area (Å²) in [5.41, 5.74) is 1.02. The number of carbonyl (C=O) groups is 1. The average molecular weight is 370 g/mol. The minimum absolute atomic E-state index is 0.161. The maximum Gasteiger partial charge on any atom is 0.407 e. The van der Waals surface area contributed by atoms with Crippen LogP contribution in [0.1, 0.15) is 18.4 Å². The Labute approximate surface area is 150 Å². The highest BCUT2D eigenvalue weighted by atomic mass is 19.3. The van der Waals surface area contributed by atoms with Crippen molar-refractivity contribution < 1.29 is 28.2 Å². The van der Waals surface area contributed by atoms with Crippen LogP contribution in [0.5, 0.6) is 5.75 Å². The van der Waals surface area contributed by atoms with Gasteiger partial charge in [0.05, 0.1) is 13.2 Å². The number of halogens is 2. The summed E-state index contributed by atoms with van der Waals surface area (Å²) in [5, 5.41) is 15.8. The van der Waals surface area contributed by atoms with Gasteiger partial charge in [0, 0.05) is 25.9 Å². The van der Waals surface area contributed by atoms with Gasteiger partial charge >= 0.3 is 6.09 Å².